The standard InChI is InChI=1S/C16H17N3O5/c1-24-13-5-3-2-4-10(13)8-11(16(22)23)9-17-15(21)12-6-7-14(20)19-18-12/h2-7,11H,8-9H2,1H3,(H,17,21)(H,19,20)(H,22,23). The monoisotopic (exact) mass is 331 g/mol. The van der Waals surface area contributed by atoms with Crippen molar-refractivity contribution in [1.29, 1.82) is 0 Å². The van der Waals surface area contributed by atoms with Crippen LogP contribution in [0.5, 0.6) is 5.75 Å². The van der Waals surface area contributed by atoms with E-state index in [9.17, 15) is 19.5 Å². The van der Waals surface area contributed by atoms with Gasteiger partial charge in [-0.15, -0.1) is 0 Å². The number of nitrogens with one attached hydrogen (secondary N) is 2. The van der Waals surface area contributed by atoms with E-state index in [4.69, 9.17) is 4.74 Å². The maximum absolute atomic E-state index is 11.9. The molecule has 0 aliphatic carbocycles. The van der Waals surface area contributed by atoms with Crippen LogP contribution in [-0.2, 0) is 11.2 Å². The lowest BCUT2D eigenvalue weighted by Crippen LogP contribution is -2.35. The Hall–Kier alpha value is -3.16. The topological polar surface area (TPSA) is 121 Å². The van der Waals surface area contributed by atoms with Crippen molar-refractivity contribution in [3.63, 3.8) is 0 Å². The zero-order valence-electron chi connectivity index (χ0n) is 13.0. The smallest absolute Gasteiger partial charge is 0.308 e. The van der Waals surface area contributed by atoms with E-state index in [1.807, 2.05) is 0 Å². The van der Waals surface area contributed by atoms with Gasteiger partial charge in [0.1, 0.15) is 11.4 Å². The van der Waals surface area contributed by atoms with Crippen LogP contribution in [-0.4, -0.2) is 40.8 Å². The van der Waals surface area contributed by atoms with Gasteiger partial charge >= 0.3 is 5.97 Å². The Labute approximate surface area is 137 Å². The first-order valence-electron chi connectivity index (χ1n) is 7.20. The number of carboxylic acid groups (broad SMARTS) is 1. The van der Waals surface area contributed by atoms with Crippen molar-refractivity contribution >= 4 is 11.9 Å². The van der Waals surface area contributed by atoms with E-state index in [0.717, 1.165) is 5.56 Å². The number of para-hydroxylation sites is 1. The second kappa shape index (κ2) is 7.91. The molecule has 1 atom stereocenters. The van der Waals surface area contributed by atoms with Gasteiger partial charge in [0.15, 0.2) is 0 Å². The van der Waals surface area contributed by atoms with Gasteiger partial charge in [0.05, 0.1) is 13.0 Å². The first kappa shape index (κ1) is 17.2. The molecule has 8 nitrogen and oxygen atoms in total. The number of methoxy groups -OCH3 is 1. The second-order valence-corrected chi connectivity index (χ2v) is 5.07. The summed E-state index contributed by atoms with van der Waals surface area (Å²) >= 11 is 0. The summed E-state index contributed by atoms with van der Waals surface area (Å²) in [5, 5.41) is 17.6. The number of hydrogen-bond acceptors (Lipinski definition) is 5. The second-order valence-electron chi connectivity index (χ2n) is 5.07. The normalized spacial score (nSPS) is 11.5. The average molecular weight is 331 g/mol. The third-order valence-electron chi connectivity index (χ3n) is 3.43. The number of carboxylic acids is 1. The summed E-state index contributed by atoms with van der Waals surface area (Å²) in [7, 11) is 1.51. The Balaban J connectivity index is 2.03. The molecule has 8 heteroatoms. The Morgan fingerprint density at radius 1 is 1.29 bits per heavy atom. The highest BCUT2D eigenvalue weighted by Crippen LogP contribution is 2.21. The highest BCUT2D eigenvalue weighted by atomic mass is 16.5. The molecular weight excluding hydrogens is 314 g/mol. The lowest BCUT2D eigenvalue weighted by Gasteiger charge is -2.15. The van der Waals surface area contributed by atoms with Crippen molar-refractivity contribution in [2.24, 2.45) is 5.92 Å². The fourth-order valence-electron chi connectivity index (χ4n) is 2.16. The van der Waals surface area contributed by atoms with Crippen molar-refractivity contribution in [3.05, 3.63) is 58.0 Å². The molecule has 1 amide bonds. The lowest BCUT2D eigenvalue weighted by molar-refractivity contribution is -0.141. The minimum absolute atomic E-state index is 0.0102. The average Bonchev–Trinajstić information content (AvgIpc) is 2.59. The number of rotatable bonds is 7. The van der Waals surface area contributed by atoms with Crippen LogP contribution in [0.15, 0.2) is 41.2 Å². The third-order valence-corrected chi connectivity index (χ3v) is 3.43. The number of hydrogen-bond donors (Lipinski definition) is 3. The van der Waals surface area contributed by atoms with Crippen LogP contribution >= 0.6 is 0 Å². The molecule has 1 aromatic carbocycles. The van der Waals surface area contributed by atoms with Gasteiger partial charge in [0.25, 0.3) is 11.5 Å². The molecule has 24 heavy (non-hydrogen) atoms. The van der Waals surface area contributed by atoms with Gasteiger partial charge < -0.3 is 15.2 Å². The van der Waals surface area contributed by atoms with Crippen molar-refractivity contribution in [3.8, 4) is 5.75 Å². The van der Waals surface area contributed by atoms with Gasteiger partial charge in [-0.3, -0.25) is 14.4 Å². The van der Waals surface area contributed by atoms with E-state index >= 15 is 0 Å². The van der Waals surface area contributed by atoms with Gasteiger partial charge in [-0.25, -0.2) is 5.10 Å². The number of benzene rings is 1. The molecule has 0 radical (unpaired) electrons. The van der Waals surface area contributed by atoms with Gasteiger partial charge in [-0.1, -0.05) is 18.2 Å². The van der Waals surface area contributed by atoms with Crippen LogP contribution in [0.2, 0.25) is 0 Å². The van der Waals surface area contributed by atoms with E-state index in [0.29, 0.717) is 5.75 Å². The van der Waals surface area contributed by atoms with Crippen molar-refractivity contribution in [2.45, 2.75) is 6.42 Å². The molecule has 2 rings (SSSR count). The van der Waals surface area contributed by atoms with Crippen LogP contribution in [0, 0.1) is 5.92 Å². The predicted octanol–water partition coefficient (Wildman–Crippen LogP) is 0.452. The number of aromatic nitrogens is 2. The predicted molar refractivity (Wildman–Crippen MR) is 85.0 cm³/mol. The quantitative estimate of drug-likeness (QED) is 0.677. The van der Waals surface area contributed by atoms with Gasteiger partial charge in [0.2, 0.25) is 0 Å². The van der Waals surface area contributed by atoms with Crippen LogP contribution in [0.25, 0.3) is 0 Å². The van der Waals surface area contributed by atoms with Crippen molar-refractivity contribution in [2.75, 3.05) is 13.7 Å². The SMILES string of the molecule is COc1ccccc1CC(CNC(=O)c1ccc(=O)[nH]n1)C(=O)O. The minimum Gasteiger partial charge on any atom is -0.496 e. The molecule has 0 fully saturated rings. The molecule has 0 saturated heterocycles. The molecule has 0 saturated carbocycles. The highest BCUT2D eigenvalue weighted by molar-refractivity contribution is 5.92. The third kappa shape index (κ3) is 4.42. The summed E-state index contributed by atoms with van der Waals surface area (Å²) in [4.78, 5) is 34.3. The Morgan fingerprint density at radius 3 is 2.67 bits per heavy atom. The number of ether oxygens (including phenoxy) is 1. The summed E-state index contributed by atoms with van der Waals surface area (Å²) in [5.41, 5.74) is 0.325. The molecule has 2 aromatic rings. The lowest BCUT2D eigenvalue weighted by atomic mass is 9.98. The van der Waals surface area contributed by atoms with Crippen molar-refractivity contribution < 1.29 is 19.4 Å². The van der Waals surface area contributed by atoms with E-state index in [2.05, 4.69) is 15.5 Å². The fourth-order valence-corrected chi connectivity index (χ4v) is 2.16. The zero-order chi connectivity index (χ0) is 17.5. The van der Waals surface area contributed by atoms with Gasteiger partial charge in [-0.05, 0) is 24.1 Å². The van der Waals surface area contributed by atoms with Crippen LogP contribution < -0.4 is 15.6 Å². The summed E-state index contributed by atoms with van der Waals surface area (Å²) in [6.07, 6.45) is 0.207. The van der Waals surface area contributed by atoms with E-state index < -0.39 is 23.4 Å². The minimum atomic E-state index is -1.03. The number of H-pyrrole nitrogens is 1. The summed E-state index contributed by atoms with van der Waals surface area (Å²) in [5.74, 6) is -1.82. The first-order valence-corrected chi connectivity index (χ1v) is 7.20. The van der Waals surface area contributed by atoms with Gasteiger partial charge in [0, 0.05) is 12.6 Å². The molecule has 1 heterocycles. The van der Waals surface area contributed by atoms with Gasteiger partial charge in [-0.2, -0.15) is 5.10 Å². The molecular formula is C16H17N3O5. The van der Waals surface area contributed by atoms with E-state index in [-0.39, 0.29) is 18.7 Å². The molecule has 126 valence electrons. The molecule has 0 aliphatic rings. The molecule has 0 bridgehead atoms. The largest absolute Gasteiger partial charge is 0.496 e. The Bertz CT molecular complexity index is 767. The Morgan fingerprint density at radius 2 is 2.04 bits per heavy atom. The van der Waals surface area contributed by atoms with Crippen LogP contribution in [0.3, 0.4) is 0 Å². The molecule has 0 spiro atoms. The molecule has 0 aliphatic heterocycles. The van der Waals surface area contributed by atoms with Crippen LogP contribution in [0.4, 0.5) is 0 Å². The maximum Gasteiger partial charge on any atom is 0.308 e. The number of carbonyl (C=O) groups excluding carboxylic acids is 1. The highest BCUT2D eigenvalue weighted by Gasteiger charge is 2.21. The summed E-state index contributed by atoms with van der Waals surface area (Å²) in [6, 6.07) is 9.55. The zero-order valence-corrected chi connectivity index (χ0v) is 13.0. The number of amides is 1. The molecule has 1 unspecified atom stereocenters. The number of aromatic amines is 1. The molecule has 1 aromatic heterocycles. The van der Waals surface area contributed by atoms with E-state index in [1.54, 1.807) is 24.3 Å². The van der Waals surface area contributed by atoms with Crippen LogP contribution in [0.1, 0.15) is 16.1 Å². The number of carbonyl (C=O) groups is 2. The first-order chi connectivity index (χ1) is 11.5. The molecule has 3 N–H and O–H groups in total. The maximum atomic E-state index is 11.9. The van der Waals surface area contributed by atoms with Crippen molar-refractivity contribution in [1.82, 2.24) is 15.5 Å². The number of nitrogens with zero attached hydrogens (tertiary/aromatic N) is 1. The fraction of sp³-hybridized carbons (Fsp3) is 0.250. The summed E-state index contributed by atoms with van der Waals surface area (Å²) < 4.78 is 5.21. The Kier molecular flexibility index (Phi) is 5.67. The van der Waals surface area contributed by atoms with E-state index in [1.165, 1.54) is 19.2 Å². The summed E-state index contributed by atoms with van der Waals surface area (Å²) in [6.45, 7) is -0.0764. The number of aliphatic carboxylic acids is 1.